The first-order chi connectivity index (χ1) is 16.0. The average Bonchev–Trinajstić information content (AvgIpc) is 3.46. The van der Waals surface area contributed by atoms with Crippen LogP contribution in [0.1, 0.15) is 57.5 Å². The number of carbonyl (C=O) groups excluding carboxylic acids is 1. The van der Waals surface area contributed by atoms with Crippen LogP contribution >= 0.6 is 11.6 Å². The van der Waals surface area contributed by atoms with Gasteiger partial charge in [-0.15, -0.1) is 0 Å². The summed E-state index contributed by atoms with van der Waals surface area (Å²) in [6, 6.07) is 12.8. The number of hydrogen-bond acceptors (Lipinski definition) is 4. The van der Waals surface area contributed by atoms with Crippen molar-refractivity contribution in [3.8, 4) is 16.9 Å². The summed E-state index contributed by atoms with van der Waals surface area (Å²) in [7, 11) is 0. The smallest absolute Gasteiger partial charge is 0.337 e. The summed E-state index contributed by atoms with van der Waals surface area (Å²) < 4.78 is 6.00. The Kier molecular flexibility index (Phi) is 5.77. The molecule has 0 bridgehead atoms. The molecule has 1 aliphatic heterocycles. The van der Waals surface area contributed by atoms with Crippen molar-refractivity contribution in [2.75, 3.05) is 0 Å². The molecular formula is C26H23ClN2O4. The van der Waals surface area contributed by atoms with Crippen molar-refractivity contribution >= 4 is 23.5 Å². The monoisotopic (exact) mass is 462 g/mol. The predicted molar refractivity (Wildman–Crippen MR) is 125 cm³/mol. The van der Waals surface area contributed by atoms with E-state index >= 15 is 0 Å². The number of rotatable bonds is 6. The van der Waals surface area contributed by atoms with Crippen LogP contribution in [0.4, 0.5) is 0 Å². The first-order valence-corrected chi connectivity index (χ1v) is 11.4. The number of carboxylic acid groups (broad SMARTS) is 1. The Bertz CT molecular complexity index is 1240. The minimum absolute atomic E-state index is 0.0511. The third kappa shape index (κ3) is 4.31. The van der Waals surface area contributed by atoms with Crippen LogP contribution in [-0.2, 0) is 13.2 Å². The SMILES string of the molecule is O=C(O)c1cc(-c2cncc(COc3ccc4c(c3)CN(C3CCCC3)C4=O)c2)ccc1Cl. The minimum Gasteiger partial charge on any atom is -0.489 e. The normalized spacial score (nSPS) is 15.7. The molecule has 3 aromatic rings. The van der Waals surface area contributed by atoms with Gasteiger partial charge < -0.3 is 14.7 Å². The summed E-state index contributed by atoms with van der Waals surface area (Å²) in [6.07, 6.45) is 7.97. The van der Waals surface area contributed by atoms with Crippen LogP contribution in [0.3, 0.4) is 0 Å². The van der Waals surface area contributed by atoms with E-state index in [1.54, 1.807) is 30.6 Å². The lowest BCUT2D eigenvalue weighted by atomic mass is 10.0. The van der Waals surface area contributed by atoms with Gasteiger partial charge in [-0.25, -0.2) is 4.79 Å². The molecule has 0 atom stereocenters. The second-order valence-electron chi connectivity index (χ2n) is 8.56. The van der Waals surface area contributed by atoms with Gasteiger partial charge >= 0.3 is 5.97 Å². The fourth-order valence-corrected chi connectivity index (χ4v) is 4.88. The number of halogens is 1. The summed E-state index contributed by atoms with van der Waals surface area (Å²) in [5, 5.41) is 9.51. The summed E-state index contributed by atoms with van der Waals surface area (Å²) >= 11 is 5.98. The zero-order valence-electron chi connectivity index (χ0n) is 18.0. The van der Waals surface area contributed by atoms with Gasteiger partial charge in [0.1, 0.15) is 12.4 Å². The van der Waals surface area contributed by atoms with Crippen molar-refractivity contribution in [3.05, 3.63) is 82.1 Å². The Balaban J connectivity index is 1.30. The van der Waals surface area contributed by atoms with Crippen LogP contribution in [0.2, 0.25) is 5.02 Å². The Morgan fingerprint density at radius 1 is 1.09 bits per heavy atom. The van der Waals surface area contributed by atoms with E-state index in [2.05, 4.69) is 4.98 Å². The Morgan fingerprint density at radius 2 is 1.91 bits per heavy atom. The van der Waals surface area contributed by atoms with E-state index in [0.717, 1.165) is 35.1 Å². The zero-order valence-corrected chi connectivity index (χ0v) is 18.7. The maximum atomic E-state index is 12.8. The van der Waals surface area contributed by atoms with Gasteiger partial charge in [0.25, 0.3) is 5.91 Å². The molecule has 0 unspecified atom stereocenters. The van der Waals surface area contributed by atoms with E-state index < -0.39 is 5.97 Å². The summed E-state index contributed by atoms with van der Waals surface area (Å²) in [5.74, 6) is -0.236. The van der Waals surface area contributed by atoms with Crippen molar-refractivity contribution in [1.82, 2.24) is 9.88 Å². The lowest BCUT2D eigenvalue weighted by molar-refractivity contribution is 0.0691. The number of carbonyl (C=O) groups is 2. The number of hydrogen-bond donors (Lipinski definition) is 1. The number of aromatic nitrogens is 1. The van der Waals surface area contributed by atoms with E-state index in [1.165, 1.54) is 12.8 Å². The first kappa shape index (κ1) is 21.5. The fraction of sp³-hybridized carbons (Fsp3) is 0.269. The second kappa shape index (κ2) is 8.87. The molecule has 6 nitrogen and oxygen atoms in total. The van der Waals surface area contributed by atoms with Crippen molar-refractivity contribution < 1.29 is 19.4 Å². The minimum atomic E-state index is -1.07. The third-order valence-corrected chi connectivity index (χ3v) is 6.73. The Hall–Kier alpha value is -3.38. The maximum absolute atomic E-state index is 12.8. The lowest BCUT2D eigenvalue weighted by Crippen LogP contribution is -2.33. The number of fused-ring (bicyclic) bond motifs is 1. The van der Waals surface area contributed by atoms with Crippen LogP contribution in [0.25, 0.3) is 11.1 Å². The van der Waals surface area contributed by atoms with Gasteiger partial charge in [0.2, 0.25) is 0 Å². The van der Waals surface area contributed by atoms with Gasteiger partial charge in [0.05, 0.1) is 10.6 Å². The Labute approximate surface area is 196 Å². The van der Waals surface area contributed by atoms with Crippen molar-refractivity contribution in [2.24, 2.45) is 0 Å². The predicted octanol–water partition coefficient (Wildman–Crippen LogP) is 5.58. The standard InChI is InChI=1S/C26H23ClN2O4/c27-24-8-5-17(11-23(24)26(31)32)18-9-16(12-28-13-18)15-33-21-6-7-22-19(10-21)14-29(25(22)30)20-3-1-2-4-20/h5-13,20H,1-4,14-15H2,(H,31,32). The van der Waals surface area contributed by atoms with E-state index in [1.807, 2.05) is 29.2 Å². The van der Waals surface area contributed by atoms with Gasteiger partial charge in [-0.1, -0.05) is 30.5 Å². The molecule has 1 N–H and O–H groups in total. The average molecular weight is 463 g/mol. The number of amides is 1. The quantitative estimate of drug-likeness (QED) is 0.517. The summed E-state index contributed by atoms with van der Waals surface area (Å²) in [4.78, 5) is 30.4. The van der Waals surface area contributed by atoms with Crippen LogP contribution in [-0.4, -0.2) is 32.9 Å². The fourth-order valence-electron chi connectivity index (χ4n) is 4.68. The highest BCUT2D eigenvalue weighted by Crippen LogP contribution is 2.33. The molecule has 0 saturated heterocycles. The number of ether oxygens (including phenoxy) is 1. The number of benzene rings is 2. The van der Waals surface area contributed by atoms with Crippen LogP contribution < -0.4 is 4.74 Å². The molecule has 1 aliphatic carbocycles. The molecule has 0 radical (unpaired) electrons. The molecule has 7 heteroatoms. The van der Waals surface area contributed by atoms with Gasteiger partial charge in [-0.2, -0.15) is 0 Å². The van der Waals surface area contributed by atoms with Crippen molar-refractivity contribution in [3.63, 3.8) is 0 Å². The maximum Gasteiger partial charge on any atom is 0.337 e. The van der Waals surface area contributed by atoms with E-state index in [-0.39, 0.29) is 16.5 Å². The van der Waals surface area contributed by atoms with Crippen molar-refractivity contribution in [1.29, 1.82) is 0 Å². The first-order valence-electron chi connectivity index (χ1n) is 11.0. The second-order valence-corrected chi connectivity index (χ2v) is 8.97. The van der Waals surface area contributed by atoms with Crippen LogP contribution in [0.5, 0.6) is 5.75 Å². The molecule has 1 fully saturated rings. The molecule has 5 rings (SSSR count). The third-order valence-electron chi connectivity index (χ3n) is 6.40. The van der Waals surface area contributed by atoms with Crippen LogP contribution in [0.15, 0.2) is 54.9 Å². The zero-order chi connectivity index (χ0) is 22.9. The largest absolute Gasteiger partial charge is 0.489 e. The van der Waals surface area contributed by atoms with E-state index in [9.17, 15) is 14.7 Å². The summed E-state index contributed by atoms with van der Waals surface area (Å²) in [6.45, 7) is 0.953. The number of carboxylic acids is 1. The number of pyridine rings is 1. The number of aromatic carboxylic acids is 1. The highest BCUT2D eigenvalue weighted by molar-refractivity contribution is 6.33. The van der Waals surface area contributed by atoms with Crippen molar-refractivity contribution in [2.45, 2.75) is 44.9 Å². The topological polar surface area (TPSA) is 79.7 Å². The molecule has 1 aromatic heterocycles. The highest BCUT2D eigenvalue weighted by atomic mass is 35.5. The summed E-state index contributed by atoms with van der Waals surface area (Å²) in [5.41, 5.74) is 4.18. The highest BCUT2D eigenvalue weighted by Gasteiger charge is 2.34. The van der Waals surface area contributed by atoms with Crippen LogP contribution in [0, 0.1) is 0 Å². The van der Waals surface area contributed by atoms with Gasteiger partial charge in [0.15, 0.2) is 0 Å². The molecule has 2 heterocycles. The molecule has 168 valence electrons. The molecule has 0 spiro atoms. The van der Waals surface area contributed by atoms with E-state index in [0.29, 0.717) is 30.5 Å². The lowest BCUT2D eigenvalue weighted by Gasteiger charge is -2.23. The Morgan fingerprint density at radius 3 is 2.70 bits per heavy atom. The molecule has 33 heavy (non-hydrogen) atoms. The van der Waals surface area contributed by atoms with Gasteiger partial charge in [-0.05, 0) is 60.4 Å². The molecular weight excluding hydrogens is 440 g/mol. The molecule has 1 saturated carbocycles. The van der Waals surface area contributed by atoms with Gasteiger partial charge in [-0.3, -0.25) is 9.78 Å². The van der Waals surface area contributed by atoms with E-state index in [4.69, 9.17) is 16.3 Å². The molecule has 2 aliphatic rings. The van der Waals surface area contributed by atoms with Gasteiger partial charge in [0, 0.05) is 41.7 Å². The molecule has 1 amide bonds. The number of nitrogens with zero attached hydrogens (tertiary/aromatic N) is 2. The molecule has 2 aromatic carbocycles.